The summed E-state index contributed by atoms with van der Waals surface area (Å²) in [6, 6.07) is 13.9. The van der Waals surface area contributed by atoms with Crippen LogP contribution >= 0.6 is 15.9 Å². The third-order valence-corrected chi connectivity index (χ3v) is 4.14. The number of nitrogens with zero attached hydrogens (tertiary/aromatic N) is 2. The first-order chi connectivity index (χ1) is 11.5. The van der Waals surface area contributed by atoms with Gasteiger partial charge in [-0.05, 0) is 64.0 Å². The molecule has 0 amide bonds. The van der Waals surface area contributed by atoms with Crippen molar-refractivity contribution in [3.8, 4) is 28.5 Å². The van der Waals surface area contributed by atoms with Gasteiger partial charge in [-0.2, -0.15) is 5.26 Å². The number of hydrogen-bond donors (Lipinski definition) is 1. The Kier molecular flexibility index (Phi) is 4.28. The molecule has 0 fully saturated rings. The number of aromatic nitrogens is 1. The van der Waals surface area contributed by atoms with Gasteiger partial charge in [0.15, 0.2) is 0 Å². The Morgan fingerprint density at radius 3 is 2.29 bits per heavy atom. The van der Waals surface area contributed by atoms with E-state index in [0.29, 0.717) is 22.4 Å². The van der Waals surface area contributed by atoms with E-state index in [1.54, 1.807) is 30.3 Å². The molecule has 2 N–H and O–H groups in total. The van der Waals surface area contributed by atoms with Crippen molar-refractivity contribution in [1.29, 1.82) is 5.26 Å². The summed E-state index contributed by atoms with van der Waals surface area (Å²) in [6.07, 6.45) is 0. The Labute approximate surface area is 145 Å². The van der Waals surface area contributed by atoms with Crippen molar-refractivity contribution in [2.24, 2.45) is 0 Å². The smallest absolute Gasteiger partial charge is 0.142 e. The van der Waals surface area contributed by atoms with Crippen molar-refractivity contribution in [3.05, 3.63) is 70.2 Å². The molecular weight excluding hydrogens is 376 g/mol. The average molecular weight is 386 g/mol. The van der Waals surface area contributed by atoms with E-state index in [0.717, 1.165) is 0 Å². The number of hydrogen-bond acceptors (Lipinski definition) is 3. The molecule has 2 aromatic carbocycles. The van der Waals surface area contributed by atoms with Crippen molar-refractivity contribution >= 4 is 21.7 Å². The Bertz CT molecular complexity index is 963. The third kappa shape index (κ3) is 2.99. The van der Waals surface area contributed by atoms with E-state index in [9.17, 15) is 14.0 Å². The largest absolute Gasteiger partial charge is 0.383 e. The third-order valence-electron chi connectivity index (χ3n) is 3.53. The lowest BCUT2D eigenvalue weighted by Gasteiger charge is -2.11. The molecule has 0 bridgehead atoms. The summed E-state index contributed by atoms with van der Waals surface area (Å²) in [5, 5.41) is 9.38. The molecule has 0 aliphatic rings. The first-order valence-corrected chi connectivity index (χ1v) is 7.71. The van der Waals surface area contributed by atoms with Gasteiger partial charge in [-0.25, -0.2) is 13.8 Å². The molecule has 0 atom stereocenters. The molecular formula is C18H10BrF2N3. The number of halogens is 3. The quantitative estimate of drug-likeness (QED) is 0.681. The van der Waals surface area contributed by atoms with Crippen LogP contribution in [0.2, 0.25) is 0 Å². The number of nitrogens with two attached hydrogens (primary N) is 1. The fourth-order valence-corrected chi connectivity index (χ4v) is 2.72. The van der Waals surface area contributed by atoms with Crippen molar-refractivity contribution in [3.63, 3.8) is 0 Å². The maximum atomic E-state index is 13.5. The zero-order valence-corrected chi connectivity index (χ0v) is 13.8. The summed E-state index contributed by atoms with van der Waals surface area (Å²) < 4.78 is 26.9. The van der Waals surface area contributed by atoms with Crippen molar-refractivity contribution < 1.29 is 8.78 Å². The second-order valence-electron chi connectivity index (χ2n) is 5.06. The molecule has 3 nitrogen and oxygen atoms in total. The number of rotatable bonds is 2. The molecule has 0 aliphatic carbocycles. The number of nitriles is 1. The Balaban J connectivity index is 2.22. The molecule has 1 heterocycles. The van der Waals surface area contributed by atoms with Gasteiger partial charge in [0.25, 0.3) is 0 Å². The summed E-state index contributed by atoms with van der Waals surface area (Å²) in [5.41, 5.74) is 8.44. The van der Waals surface area contributed by atoms with Crippen LogP contribution in [0.5, 0.6) is 0 Å². The maximum absolute atomic E-state index is 13.5. The van der Waals surface area contributed by atoms with E-state index in [-0.39, 0.29) is 21.7 Å². The van der Waals surface area contributed by atoms with E-state index in [2.05, 4.69) is 20.9 Å². The molecule has 0 aliphatic heterocycles. The van der Waals surface area contributed by atoms with Gasteiger partial charge >= 0.3 is 0 Å². The Morgan fingerprint density at radius 2 is 1.67 bits per heavy atom. The standard InChI is InChI=1S/C18H10BrF2N3/c19-15-7-11(3-6-16(15)21)13-8-17(24-18(23)14(13)9-22)10-1-4-12(20)5-2-10/h1-8H,(H2,23,24). The van der Waals surface area contributed by atoms with Crippen molar-refractivity contribution in [2.45, 2.75) is 0 Å². The van der Waals surface area contributed by atoms with E-state index in [4.69, 9.17) is 5.73 Å². The zero-order chi connectivity index (χ0) is 17.3. The summed E-state index contributed by atoms with van der Waals surface area (Å²) >= 11 is 3.13. The van der Waals surface area contributed by atoms with Crippen molar-refractivity contribution in [2.75, 3.05) is 5.73 Å². The molecule has 1 aromatic heterocycles. The minimum Gasteiger partial charge on any atom is -0.383 e. The minimum absolute atomic E-state index is 0.0646. The number of benzene rings is 2. The van der Waals surface area contributed by atoms with Crippen LogP contribution in [0.15, 0.2) is 53.0 Å². The Hall–Kier alpha value is -2.78. The Morgan fingerprint density at radius 1 is 1.00 bits per heavy atom. The normalized spacial score (nSPS) is 10.4. The van der Waals surface area contributed by atoms with E-state index in [1.807, 2.05) is 6.07 Å². The van der Waals surface area contributed by atoms with Crippen LogP contribution in [0.1, 0.15) is 5.56 Å². The summed E-state index contributed by atoms with van der Waals surface area (Å²) in [7, 11) is 0. The highest BCUT2D eigenvalue weighted by Gasteiger charge is 2.14. The second-order valence-corrected chi connectivity index (χ2v) is 5.92. The van der Waals surface area contributed by atoms with Gasteiger partial charge in [-0.3, -0.25) is 0 Å². The highest BCUT2D eigenvalue weighted by atomic mass is 79.9. The second kappa shape index (κ2) is 6.38. The van der Waals surface area contributed by atoms with Gasteiger partial charge in [0, 0.05) is 11.1 Å². The number of nitrogen functional groups attached to an aromatic ring is 1. The SMILES string of the molecule is N#Cc1c(-c2ccc(F)c(Br)c2)cc(-c2ccc(F)cc2)nc1N. The van der Waals surface area contributed by atoms with E-state index < -0.39 is 5.82 Å². The van der Waals surface area contributed by atoms with Gasteiger partial charge in [0.05, 0.1) is 10.2 Å². The monoisotopic (exact) mass is 385 g/mol. The van der Waals surface area contributed by atoms with Crippen LogP contribution in [0.25, 0.3) is 22.4 Å². The van der Waals surface area contributed by atoms with Crippen LogP contribution in [0.3, 0.4) is 0 Å². The van der Waals surface area contributed by atoms with E-state index in [1.165, 1.54) is 18.2 Å². The van der Waals surface area contributed by atoms with E-state index >= 15 is 0 Å². The fraction of sp³-hybridized carbons (Fsp3) is 0. The lowest BCUT2D eigenvalue weighted by Crippen LogP contribution is -2.00. The summed E-state index contributed by atoms with van der Waals surface area (Å²) in [6.45, 7) is 0. The molecule has 3 aromatic rings. The molecule has 0 saturated heterocycles. The predicted molar refractivity (Wildman–Crippen MR) is 91.9 cm³/mol. The zero-order valence-electron chi connectivity index (χ0n) is 12.2. The van der Waals surface area contributed by atoms with Crippen LogP contribution in [-0.2, 0) is 0 Å². The lowest BCUT2D eigenvalue weighted by atomic mass is 9.98. The highest BCUT2D eigenvalue weighted by molar-refractivity contribution is 9.10. The van der Waals surface area contributed by atoms with Gasteiger partial charge in [-0.1, -0.05) is 6.07 Å². The molecule has 6 heteroatoms. The molecule has 24 heavy (non-hydrogen) atoms. The number of pyridine rings is 1. The van der Waals surface area contributed by atoms with Crippen LogP contribution < -0.4 is 5.73 Å². The van der Waals surface area contributed by atoms with Gasteiger partial charge in [0.2, 0.25) is 0 Å². The van der Waals surface area contributed by atoms with Crippen molar-refractivity contribution in [1.82, 2.24) is 4.98 Å². The highest BCUT2D eigenvalue weighted by Crippen LogP contribution is 2.33. The summed E-state index contributed by atoms with van der Waals surface area (Å²) in [5.74, 6) is -0.698. The van der Waals surface area contributed by atoms with Gasteiger partial charge < -0.3 is 5.73 Å². The molecule has 3 rings (SSSR count). The average Bonchev–Trinajstić information content (AvgIpc) is 2.57. The van der Waals surface area contributed by atoms with Gasteiger partial charge in [0.1, 0.15) is 29.1 Å². The summed E-state index contributed by atoms with van der Waals surface area (Å²) in [4.78, 5) is 4.22. The molecule has 0 spiro atoms. The van der Waals surface area contributed by atoms with Crippen LogP contribution in [-0.4, -0.2) is 4.98 Å². The predicted octanol–water partition coefficient (Wildman–Crippen LogP) is 4.91. The lowest BCUT2D eigenvalue weighted by molar-refractivity contribution is 0.621. The molecule has 118 valence electrons. The minimum atomic E-state index is -0.405. The van der Waals surface area contributed by atoms with Gasteiger partial charge in [-0.15, -0.1) is 0 Å². The van der Waals surface area contributed by atoms with Crippen LogP contribution in [0, 0.1) is 23.0 Å². The number of anilines is 1. The first-order valence-electron chi connectivity index (χ1n) is 6.91. The topological polar surface area (TPSA) is 62.7 Å². The maximum Gasteiger partial charge on any atom is 0.142 e. The first kappa shape index (κ1) is 16.1. The molecule has 0 radical (unpaired) electrons. The van der Waals surface area contributed by atoms with Crippen LogP contribution in [0.4, 0.5) is 14.6 Å². The molecule has 0 saturated carbocycles. The fourth-order valence-electron chi connectivity index (χ4n) is 2.34. The molecule has 0 unspecified atom stereocenters.